The van der Waals surface area contributed by atoms with Crippen LogP contribution in [0.5, 0.6) is 0 Å². The highest BCUT2D eigenvalue weighted by Gasteiger charge is 2.09. The number of aromatic nitrogens is 3. The summed E-state index contributed by atoms with van der Waals surface area (Å²) in [6.45, 7) is 0. The Kier molecular flexibility index (Phi) is 4.30. The standard InChI is InChI=1S/C20H14FN5/c21-16-9-3-1-7-14(16)13-23-26-19-15-8-2-4-10-17(15)24-20(25-19)18-11-5-6-12-22-18/h1-13H,(H,24,25,26). The van der Waals surface area contributed by atoms with E-state index in [2.05, 4.69) is 25.5 Å². The van der Waals surface area contributed by atoms with Crippen LogP contribution >= 0.6 is 0 Å². The first-order chi connectivity index (χ1) is 12.8. The molecular formula is C20H14FN5. The molecular weight excluding hydrogens is 329 g/mol. The predicted molar refractivity (Wildman–Crippen MR) is 100 cm³/mol. The molecule has 2 aromatic heterocycles. The Balaban J connectivity index is 1.73. The van der Waals surface area contributed by atoms with E-state index in [1.54, 1.807) is 24.4 Å². The van der Waals surface area contributed by atoms with Crippen molar-refractivity contribution in [2.45, 2.75) is 0 Å². The lowest BCUT2D eigenvalue weighted by atomic mass is 10.2. The molecule has 0 atom stereocenters. The molecule has 1 N–H and O–H groups in total. The van der Waals surface area contributed by atoms with Gasteiger partial charge in [0.2, 0.25) is 0 Å². The number of hydrazone groups is 1. The van der Waals surface area contributed by atoms with Gasteiger partial charge in [-0.05, 0) is 30.3 Å². The Morgan fingerprint density at radius 1 is 0.885 bits per heavy atom. The van der Waals surface area contributed by atoms with Crippen LogP contribution in [0.2, 0.25) is 0 Å². The maximum atomic E-state index is 13.7. The summed E-state index contributed by atoms with van der Waals surface area (Å²) >= 11 is 0. The minimum atomic E-state index is -0.334. The third-order valence-corrected chi connectivity index (χ3v) is 3.78. The van der Waals surface area contributed by atoms with Crippen molar-refractivity contribution in [2.24, 2.45) is 5.10 Å². The van der Waals surface area contributed by atoms with Crippen LogP contribution in [0, 0.1) is 5.82 Å². The molecule has 0 saturated heterocycles. The SMILES string of the molecule is Fc1ccccc1C=NNc1nc(-c2ccccn2)nc2ccccc12. The van der Waals surface area contributed by atoms with Gasteiger partial charge in [0.1, 0.15) is 11.5 Å². The minimum absolute atomic E-state index is 0.334. The van der Waals surface area contributed by atoms with E-state index in [1.165, 1.54) is 12.3 Å². The normalized spacial score (nSPS) is 11.1. The summed E-state index contributed by atoms with van der Waals surface area (Å²) in [6.07, 6.45) is 3.12. The quantitative estimate of drug-likeness (QED) is 0.444. The second-order valence-electron chi connectivity index (χ2n) is 5.52. The van der Waals surface area contributed by atoms with Gasteiger partial charge in [-0.15, -0.1) is 0 Å². The summed E-state index contributed by atoms with van der Waals surface area (Å²) in [4.78, 5) is 13.4. The number of rotatable bonds is 4. The van der Waals surface area contributed by atoms with Gasteiger partial charge in [0, 0.05) is 17.1 Å². The summed E-state index contributed by atoms with van der Waals surface area (Å²) in [5, 5.41) is 4.95. The molecule has 4 rings (SSSR count). The third-order valence-electron chi connectivity index (χ3n) is 3.78. The molecule has 0 spiro atoms. The van der Waals surface area contributed by atoms with Crippen LogP contribution in [-0.2, 0) is 0 Å². The van der Waals surface area contributed by atoms with Gasteiger partial charge in [-0.2, -0.15) is 5.10 Å². The molecule has 26 heavy (non-hydrogen) atoms. The summed E-state index contributed by atoms with van der Waals surface area (Å²) < 4.78 is 13.7. The second kappa shape index (κ2) is 7.06. The van der Waals surface area contributed by atoms with Gasteiger partial charge in [-0.25, -0.2) is 14.4 Å². The van der Waals surface area contributed by atoms with Crippen molar-refractivity contribution in [3.63, 3.8) is 0 Å². The van der Waals surface area contributed by atoms with Gasteiger partial charge in [-0.1, -0.05) is 36.4 Å². The fourth-order valence-corrected chi connectivity index (χ4v) is 2.51. The molecule has 6 heteroatoms. The number of halogens is 1. The lowest BCUT2D eigenvalue weighted by molar-refractivity contribution is 0.626. The van der Waals surface area contributed by atoms with Crippen molar-refractivity contribution >= 4 is 22.9 Å². The topological polar surface area (TPSA) is 63.1 Å². The Morgan fingerprint density at radius 2 is 1.69 bits per heavy atom. The number of anilines is 1. The summed E-state index contributed by atoms with van der Waals surface area (Å²) in [5.41, 5.74) is 4.73. The molecule has 0 aliphatic carbocycles. The number of nitrogens with zero attached hydrogens (tertiary/aromatic N) is 4. The number of pyridine rings is 1. The molecule has 0 aliphatic rings. The molecule has 2 aromatic carbocycles. The predicted octanol–water partition coefficient (Wildman–Crippen LogP) is 4.28. The van der Waals surface area contributed by atoms with E-state index in [1.807, 2.05) is 42.5 Å². The van der Waals surface area contributed by atoms with Crippen molar-refractivity contribution in [1.82, 2.24) is 15.0 Å². The zero-order chi connectivity index (χ0) is 17.8. The van der Waals surface area contributed by atoms with E-state index in [0.717, 1.165) is 10.9 Å². The maximum Gasteiger partial charge on any atom is 0.180 e. The number of benzene rings is 2. The lowest BCUT2D eigenvalue weighted by Gasteiger charge is -2.07. The van der Waals surface area contributed by atoms with Gasteiger partial charge >= 0.3 is 0 Å². The van der Waals surface area contributed by atoms with Crippen LogP contribution in [0.4, 0.5) is 10.2 Å². The number of hydrogen-bond donors (Lipinski definition) is 1. The van der Waals surface area contributed by atoms with Crippen LogP contribution < -0.4 is 5.43 Å². The minimum Gasteiger partial charge on any atom is -0.261 e. The molecule has 0 bridgehead atoms. The van der Waals surface area contributed by atoms with Crippen molar-refractivity contribution in [3.8, 4) is 11.5 Å². The molecule has 0 unspecified atom stereocenters. The first-order valence-electron chi connectivity index (χ1n) is 8.03. The molecule has 4 aromatic rings. The van der Waals surface area contributed by atoms with E-state index in [-0.39, 0.29) is 5.82 Å². The summed E-state index contributed by atoms with van der Waals surface area (Å²) in [5.74, 6) is 0.691. The van der Waals surface area contributed by atoms with Crippen molar-refractivity contribution in [1.29, 1.82) is 0 Å². The van der Waals surface area contributed by atoms with Gasteiger partial charge in [0.05, 0.1) is 11.7 Å². The molecule has 2 heterocycles. The molecule has 5 nitrogen and oxygen atoms in total. The fraction of sp³-hybridized carbons (Fsp3) is 0. The molecule has 0 radical (unpaired) electrons. The molecule has 126 valence electrons. The largest absolute Gasteiger partial charge is 0.261 e. The summed E-state index contributed by atoms with van der Waals surface area (Å²) in [7, 11) is 0. The zero-order valence-electron chi connectivity index (χ0n) is 13.7. The van der Waals surface area contributed by atoms with Gasteiger partial charge in [-0.3, -0.25) is 10.4 Å². The van der Waals surface area contributed by atoms with Crippen LogP contribution in [0.25, 0.3) is 22.4 Å². The first kappa shape index (κ1) is 15.8. The van der Waals surface area contributed by atoms with Gasteiger partial charge in [0.25, 0.3) is 0 Å². The maximum absolute atomic E-state index is 13.7. The fourth-order valence-electron chi connectivity index (χ4n) is 2.51. The van der Waals surface area contributed by atoms with Crippen molar-refractivity contribution in [3.05, 3.63) is 84.3 Å². The highest BCUT2D eigenvalue weighted by Crippen LogP contribution is 2.23. The average Bonchev–Trinajstić information content (AvgIpc) is 2.70. The van der Waals surface area contributed by atoms with Crippen LogP contribution in [0.1, 0.15) is 5.56 Å². The number of fused-ring (bicyclic) bond motifs is 1. The Morgan fingerprint density at radius 3 is 2.54 bits per heavy atom. The Hall–Kier alpha value is -3.67. The van der Waals surface area contributed by atoms with E-state index < -0.39 is 0 Å². The van der Waals surface area contributed by atoms with Gasteiger partial charge in [0.15, 0.2) is 11.6 Å². The van der Waals surface area contributed by atoms with Crippen molar-refractivity contribution in [2.75, 3.05) is 5.43 Å². The zero-order valence-corrected chi connectivity index (χ0v) is 13.7. The number of para-hydroxylation sites is 1. The third kappa shape index (κ3) is 3.25. The smallest absolute Gasteiger partial charge is 0.180 e. The van der Waals surface area contributed by atoms with E-state index in [0.29, 0.717) is 22.9 Å². The van der Waals surface area contributed by atoms with E-state index >= 15 is 0 Å². The highest BCUT2D eigenvalue weighted by molar-refractivity contribution is 5.91. The van der Waals surface area contributed by atoms with E-state index in [9.17, 15) is 4.39 Å². The van der Waals surface area contributed by atoms with Crippen LogP contribution in [-0.4, -0.2) is 21.2 Å². The molecule has 0 aliphatic heterocycles. The Labute approximate surface area is 149 Å². The second-order valence-corrected chi connectivity index (χ2v) is 5.52. The average molecular weight is 343 g/mol. The summed E-state index contributed by atoms with van der Waals surface area (Å²) in [6, 6.07) is 19.6. The molecule has 0 saturated carbocycles. The number of hydrogen-bond acceptors (Lipinski definition) is 5. The van der Waals surface area contributed by atoms with E-state index in [4.69, 9.17) is 0 Å². The lowest BCUT2D eigenvalue weighted by Crippen LogP contribution is -2.00. The monoisotopic (exact) mass is 343 g/mol. The molecule has 0 fully saturated rings. The number of nitrogens with one attached hydrogen (secondary N) is 1. The highest BCUT2D eigenvalue weighted by atomic mass is 19.1. The Bertz CT molecular complexity index is 1080. The first-order valence-corrected chi connectivity index (χ1v) is 8.03. The van der Waals surface area contributed by atoms with Crippen LogP contribution in [0.3, 0.4) is 0 Å². The van der Waals surface area contributed by atoms with Crippen molar-refractivity contribution < 1.29 is 4.39 Å². The van der Waals surface area contributed by atoms with Crippen LogP contribution in [0.15, 0.2) is 78.0 Å². The molecule has 0 amide bonds. The van der Waals surface area contributed by atoms with Gasteiger partial charge < -0.3 is 0 Å².